The standard InChI is InChI=1S/C20H17Cl2N3O3/c21-17-7-6-15(10-18(17)22)25-19(26)12-23-14-4-1-3-13(9-14)20(27)24-11-16-5-2-8-28-16/h1-10,23H,11-12H2,(H,24,27)(H,25,26). The lowest BCUT2D eigenvalue weighted by atomic mass is 10.2. The average Bonchev–Trinajstić information content (AvgIpc) is 3.21. The van der Waals surface area contributed by atoms with Crippen molar-refractivity contribution in [1.82, 2.24) is 5.32 Å². The van der Waals surface area contributed by atoms with Gasteiger partial charge in [0.1, 0.15) is 5.76 Å². The van der Waals surface area contributed by atoms with Crippen molar-refractivity contribution in [3.63, 3.8) is 0 Å². The molecular formula is C20H17Cl2N3O3. The van der Waals surface area contributed by atoms with Gasteiger partial charge in [0.25, 0.3) is 5.91 Å². The van der Waals surface area contributed by atoms with Crippen molar-refractivity contribution < 1.29 is 14.0 Å². The fraction of sp³-hybridized carbons (Fsp3) is 0.100. The molecule has 3 N–H and O–H groups in total. The quantitative estimate of drug-likeness (QED) is 0.525. The molecule has 2 amide bonds. The van der Waals surface area contributed by atoms with Crippen LogP contribution in [0.4, 0.5) is 11.4 Å². The zero-order valence-corrected chi connectivity index (χ0v) is 16.2. The predicted molar refractivity (Wildman–Crippen MR) is 110 cm³/mol. The first-order valence-corrected chi connectivity index (χ1v) is 9.16. The Bertz CT molecular complexity index is 975. The first kappa shape index (κ1) is 19.8. The van der Waals surface area contributed by atoms with Crippen LogP contribution in [-0.2, 0) is 11.3 Å². The van der Waals surface area contributed by atoms with E-state index in [-0.39, 0.29) is 18.4 Å². The number of hydrogen-bond donors (Lipinski definition) is 3. The fourth-order valence-electron chi connectivity index (χ4n) is 2.41. The molecule has 6 nitrogen and oxygen atoms in total. The van der Waals surface area contributed by atoms with Crippen LogP contribution in [0.5, 0.6) is 0 Å². The summed E-state index contributed by atoms with van der Waals surface area (Å²) in [5, 5.41) is 9.26. The normalized spacial score (nSPS) is 10.4. The highest BCUT2D eigenvalue weighted by Gasteiger charge is 2.08. The Morgan fingerprint density at radius 3 is 2.54 bits per heavy atom. The molecule has 0 unspecified atom stereocenters. The van der Waals surface area contributed by atoms with Gasteiger partial charge in [0.15, 0.2) is 0 Å². The lowest BCUT2D eigenvalue weighted by Crippen LogP contribution is -2.23. The molecule has 8 heteroatoms. The Hall–Kier alpha value is -2.96. The summed E-state index contributed by atoms with van der Waals surface area (Å²) in [6, 6.07) is 15.3. The third-order valence-electron chi connectivity index (χ3n) is 3.78. The number of anilines is 2. The molecule has 2 aromatic carbocycles. The van der Waals surface area contributed by atoms with E-state index in [4.69, 9.17) is 27.6 Å². The first-order chi connectivity index (χ1) is 13.5. The van der Waals surface area contributed by atoms with Gasteiger partial charge >= 0.3 is 0 Å². The van der Waals surface area contributed by atoms with Gasteiger partial charge < -0.3 is 20.4 Å². The summed E-state index contributed by atoms with van der Waals surface area (Å²) in [6.07, 6.45) is 1.55. The molecule has 3 aromatic rings. The van der Waals surface area contributed by atoms with Crippen molar-refractivity contribution >= 4 is 46.4 Å². The van der Waals surface area contributed by atoms with Crippen LogP contribution in [0.2, 0.25) is 10.0 Å². The van der Waals surface area contributed by atoms with Crippen LogP contribution in [0.3, 0.4) is 0 Å². The van der Waals surface area contributed by atoms with Crippen LogP contribution in [0.1, 0.15) is 16.1 Å². The van der Waals surface area contributed by atoms with E-state index in [9.17, 15) is 9.59 Å². The number of halogens is 2. The molecule has 0 fully saturated rings. The topological polar surface area (TPSA) is 83.4 Å². The van der Waals surface area contributed by atoms with E-state index in [1.807, 2.05) is 0 Å². The molecule has 0 aliphatic rings. The number of carbonyl (C=O) groups excluding carboxylic acids is 2. The largest absolute Gasteiger partial charge is 0.467 e. The molecule has 0 aliphatic heterocycles. The second-order valence-corrected chi connectivity index (χ2v) is 6.69. The molecule has 0 atom stereocenters. The van der Waals surface area contributed by atoms with E-state index in [0.717, 1.165) is 0 Å². The van der Waals surface area contributed by atoms with E-state index < -0.39 is 0 Å². The van der Waals surface area contributed by atoms with Crippen molar-refractivity contribution in [2.45, 2.75) is 6.54 Å². The number of hydrogen-bond acceptors (Lipinski definition) is 4. The van der Waals surface area contributed by atoms with Crippen molar-refractivity contribution in [1.29, 1.82) is 0 Å². The van der Waals surface area contributed by atoms with E-state index in [1.54, 1.807) is 60.9 Å². The minimum absolute atomic E-state index is 0.0255. The predicted octanol–water partition coefficient (Wildman–Crippen LogP) is 4.57. The Morgan fingerprint density at radius 2 is 1.79 bits per heavy atom. The van der Waals surface area contributed by atoms with Crippen molar-refractivity contribution in [3.05, 3.63) is 82.2 Å². The molecule has 3 rings (SSSR count). The van der Waals surface area contributed by atoms with Crippen molar-refractivity contribution in [2.75, 3.05) is 17.2 Å². The highest BCUT2D eigenvalue weighted by atomic mass is 35.5. The third kappa shape index (κ3) is 5.52. The number of benzene rings is 2. The van der Waals surface area contributed by atoms with Gasteiger partial charge in [0, 0.05) is 16.9 Å². The highest BCUT2D eigenvalue weighted by molar-refractivity contribution is 6.42. The zero-order chi connectivity index (χ0) is 19.9. The van der Waals surface area contributed by atoms with Crippen LogP contribution in [0.15, 0.2) is 65.3 Å². The SMILES string of the molecule is O=C(CNc1cccc(C(=O)NCc2ccco2)c1)Nc1ccc(Cl)c(Cl)c1. The molecule has 1 heterocycles. The van der Waals surface area contributed by atoms with Gasteiger partial charge in [-0.1, -0.05) is 29.3 Å². The number of nitrogens with one attached hydrogen (secondary N) is 3. The van der Waals surface area contributed by atoms with Gasteiger partial charge in [-0.15, -0.1) is 0 Å². The number of furan rings is 1. The lowest BCUT2D eigenvalue weighted by Gasteiger charge is -2.10. The van der Waals surface area contributed by atoms with E-state index in [2.05, 4.69) is 16.0 Å². The van der Waals surface area contributed by atoms with E-state index >= 15 is 0 Å². The highest BCUT2D eigenvalue weighted by Crippen LogP contribution is 2.24. The van der Waals surface area contributed by atoms with Gasteiger partial charge in [-0.05, 0) is 48.5 Å². The summed E-state index contributed by atoms with van der Waals surface area (Å²) < 4.78 is 5.18. The summed E-state index contributed by atoms with van der Waals surface area (Å²) in [6.45, 7) is 0.327. The van der Waals surface area contributed by atoms with Crippen LogP contribution in [0.25, 0.3) is 0 Å². The number of carbonyl (C=O) groups is 2. The third-order valence-corrected chi connectivity index (χ3v) is 4.52. The first-order valence-electron chi connectivity index (χ1n) is 8.40. The van der Waals surface area contributed by atoms with E-state index in [0.29, 0.717) is 39.3 Å². The van der Waals surface area contributed by atoms with Crippen LogP contribution in [0, 0.1) is 0 Å². The minimum atomic E-state index is -0.258. The Kier molecular flexibility index (Phi) is 6.57. The number of amides is 2. The van der Waals surface area contributed by atoms with Gasteiger partial charge in [-0.2, -0.15) is 0 Å². The van der Waals surface area contributed by atoms with Crippen molar-refractivity contribution in [2.24, 2.45) is 0 Å². The minimum Gasteiger partial charge on any atom is -0.467 e. The molecule has 0 radical (unpaired) electrons. The maximum Gasteiger partial charge on any atom is 0.251 e. The maximum absolute atomic E-state index is 12.2. The summed E-state index contributed by atoms with van der Waals surface area (Å²) in [5.74, 6) is 0.174. The molecule has 0 aliphatic carbocycles. The van der Waals surface area contributed by atoms with Gasteiger partial charge in [0.05, 0.1) is 29.4 Å². The second-order valence-electron chi connectivity index (χ2n) is 5.87. The fourth-order valence-corrected chi connectivity index (χ4v) is 2.71. The summed E-state index contributed by atoms with van der Waals surface area (Å²) in [5.41, 5.74) is 1.67. The molecule has 0 saturated carbocycles. The summed E-state index contributed by atoms with van der Waals surface area (Å²) >= 11 is 11.8. The van der Waals surface area contributed by atoms with Crippen LogP contribution >= 0.6 is 23.2 Å². The zero-order valence-electron chi connectivity index (χ0n) is 14.7. The summed E-state index contributed by atoms with van der Waals surface area (Å²) in [7, 11) is 0. The van der Waals surface area contributed by atoms with Crippen LogP contribution < -0.4 is 16.0 Å². The molecular weight excluding hydrogens is 401 g/mol. The average molecular weight is 418 g/mol. The van der Waals surface area contributed by atoms with Gasteiger partial charge in [-0.3, -0.25) is 9.59 Å². The molecule has 0 bridgehead atoms. The smallest absolute Gasteiger partial charge is 0.251 e. The molecule has 0 spiro atoms. The molecule has 144 valence electrons. The Morgan fingerprint density at radius 1 is 0.929 bits per heavy atom. The monoisotopic (exact) mass is 417 g/mol. The van der Waals surface area contributed by atoms with Gasteiger partial charge in [-0.25, -0.2) is 0 Å². The van der Waals surface area contributed by atoms with Crippen molar-refractivity contribution in [3.8, 4) is 0 Å². The number of rotatable bonds is 7. The Labute approximate surface area is 171 Å². The molecule has 0 saturated heterocycles. The van der Waals surface area contributed by atoms with E-state index in [1.165, 1.54) is 0 Å². The summed E-state index contributed by atoms with van der Waals surface area (Å²) in [4.78, 5) is 24.3. The lowest BCUT2D eigenvalue weighted by molar-refractivity contribution is -0.114. The van der Waals surface area contributed by atoms with Gasteiger partial charge in [0.2, 0.25) is 5.91 Å². The Balaban J connectivity index is 1.52. The second kappa shape index (κ2) is 9.30. The maximum atomic E-state index is 12.2. The molecule has 1 aromatic heterocycles. The van der Waals surface area contributed by atoms with Crippen LogP contribution in [-0.4, -0.2) is 18.4 Å². The molecule has 28 heavy (non-hydrogen) atoms.